The van der Waals surface area contributed by atoms with E-state index in [0.717, 1.165) is 0 Å². The van der Waals surface area contributed by atoms with Crippen LogP contribution in [0.5, 0.6) is 0 Å². The summed E-state index contributed by atoms with van der Waals surface area (Å²) in [5, 5.41) is 0. The van der Waals surface area contributed by atoms with Crippen molar-refractivity contribution in [3.05, 3.63) is 0 Å². The Hall–Kier alpha value is 0.137. The Morgan fingerprint density at radius 1 is 0.275 bits per heavy atom. The Bertz CT molecular complexity index is 451. The van der Waals surface area contributed by atoms with Gasteiger partial charge in [0.05, 0.1) is 0 Å². The molecule has 0 aliphatic rings. The van der Waals surface area contributed by atoms with Crippen LogP contribution in [0.1, 0.15) is 213 Å². The van der Waals surface area contributed by atoms with Gasteiger partial charge in [0.25, 0.3) is 0 Å². The molecule has 40 heavy (non-hydrogen) atoms. The van der Waals surface area contributed by atoms with Crippen LogP contribution in [0.2, 0.25) is 12.1 Å². The highest BCUT2D eigenvalue weighted by molar-refractivity contribution is 6.67. The first-order valence-corrected chi connectivity index (χ1v) is 21.1. The van der Waals surface area contributed by atoms with Gasteiger partial charge in [-0.15, -0.1) is 0 Å². The lowest BCUT2D eigenvalue weighted by atomic mass is 10.0. The SMILES string of the molecule is CCCCCCCCCCCCCCCCCCC[Si](CCCCCCCCCCCCCCCC)(OC)OC. The van der Waals surface area contributed by atoms with Gasteiger partial charge >= 0.3 is 8.56 Å². The molecule has 0 aromatic heterocycles. The van der Waals surface area contributed by atoms with Crippen LogP contribution >= 0.6 is 0 Å². The van der Waals surface area contributed by atoms with Crippen molar-refractivity contribution in [3.8, 4) is 0 Å². The van der Waals surface area contributed by atoms with Crippen molar-refractivity contribution in [2.45, 2.75) is 225 Å². The minimum Gasteiger partial charge on any atom is -0.398 e. The molecule has 0 atom stereocenters. The maximum atomic E-state index is 6.05. The van der Waals surface area contributed by atoms with Gasteiger partial charge in [-0.1, -0.05) is 213 Å². The molecule has 0 aromatic rings. The van der Waals surface area contributed by atoms with Crippen molar-refractivity contribution in [1.29, 1.82) is 0 Å². The van der Waals surface area contributed by atoms with E-state index in [9.17, 15) is 0 Å². The van der Waals surface area contributed by atoms with Gasteiger partial charge in [-0.05, 0) is 12.1 Å². The monoisotopic (exact) mass is 583 g/mol. The van der Waals surface area contributed by atoms with Crippen molar-refractivity contribution in [2.24, 2.45) is 0 Å². The van der Waals surface area contributed by atoms with Gasteiger partial charge < -0.3 is 8.85 Å². The van der Waals surface area contributed by atoms with Crippen LogP contribution in [0.3, 0.4) is 0 Å². The quantitative estimate of drug-likeness (QED) is 0.0546. The van der Waals surface area contributed by atoms with Gasteiger partial charge in [-0.25, -0.2) is 0 Å². The van der Waals surface area contributed by atoms with E-state index in [-0.39, 0.29) is 0 Å². The van der Waals surface area contributed by atoms with E-state index in [1.807, 2.05) is 14.2 Å². The molecule has 0 aromatic carbocycles. The predicted octanol–water partition coefficient (Wildman–Crippen LogP) is 13.9. The van der Waals surface area contributed by atoms with Crippen molar-refractivity contribution in [2.75, 3.05) is 14.2 Å². The summed E-state index contributed by atoms with van der Waals surface area (Å²) in [6, 6.07) is 2.38. The molecule has 0 fully saturated rings. The van der Waals surface area contributed by atoms with Crippen molar-refractivity contribution < 1.29 is 8.85 Å². The minimum atomic E-state index is -1.96. The van der Waals surface area contributed by atoms with E-state index < -0.39 is 8.56 Å². The summed E-state index contributed by atoms with van der Waals surface area (Å²) in [5.41, 5.74) is 0. The maximum absolute atomic E-state index is 6.05. The zero-order valence-corrected chi connectivity index (χ0v) is 29.7. The van der Waals surface area contributed by atoms with Crippen molar-refractivity contribution in [1.82, 2.24) is 0 Å². The average molecular weight is 583 g/mol. The first-order valence-electron chi connectivity index (χ1n) is 18.8. The first-order chi connectivity index (χ1) is 19.7. The van der Waals surface area contributed by atoms with Gasteiger partial charge in [0.1, 0.15) is 0 Å². The Balaban J connectivity index is 3.51. The predicted molar refractivity (Wildman–Crippen MR) is 184 cm³/mol. The molecule has 0 N–H and O–H groups in total. The van der Waals surface area contributed by atoms with Crippen LogP contribution in [0.15, 0.2) is 0 Å². The second-order valence-corrected chi connectivity index (χ2v) is 16.7. The Morgan fingerprint density at radius 2 is 0.450 bits per heavy atom. The standard InChI is InChI=1S/C37H78O2Si/c1-5-7-9-11-13-15-17-19-21-22-23-25-27-29-31-33-35-37-40(38-3,39-4)36-34-32-30-28-26-24-20-18-16-14-12-10-8-6-2/h5-37H2,1-4H3. The largest absolute Gasteiger partial charge is 0.398 e. The summed E-state index contributed by atoms with van der Waals surface area (Å²) >= 11 is 0. The van der Waals surface area contributed by atoms with E-state index in [2.05, 4.69) is 13.8 Å². The summed E-state index contributed by atoms with van der Waals surface area (Å²) in [6.07, 6.45) is 44.2. The highest BCUT2D eigenvalue weighted by atomic mass is 28.4. The van der Waals surface area contributed by atoms with Gasteiger partial charge in [0.15, 0.2) is 0 Å². The fourth-order valence-corrected chi connectivity index (χ4v) is 9.14. The van der Waals surface area contributed by atoms with Crippen LogP contribution in [-0.4, -0.2) is 22.8 Å². The minimum absolute atomic E-state index is 1.19. The van der Waals surface area contributed by atoms with Crippen LogP contribution in [0.25, 0.3) is 0 Å². The number of unbranched alkanes of at least 4 members (excludes halogenated alkanes) is 29. The zero-order chi connectivity index (χ0) is 29.2. The molecule has 242 valence electrons. The molecule has 0 aliphatic carbocycles. The molecule has 0 radical (unpaired) electrons. The zero-order valence-electron chi connectivity index (χ0n) is 28.7. The summed E-state index contributed by atoms with van der Waals surface area (Å²) in [7, 11) is 1.86. The second kappa shape index (κ2) is 33.6. The van der Waals surface area contributed by atoms with E-state index >= 15 is 0 Å². The topological polar surface area (TPSA) is 18.5 Å². The molecule has 0 rings (SSSR count). The highest BCUT2D eigenvalue weighted by Crippen LogP contribution is 2.25. The smallest absolute Gasteiger partial charge is 0.337 e. The molecule has 0 heterocycles. The van der Waals surface area contributed by atoms with Crippen LogP contribution in [-0.2, 0) is 8.85 Å². The van der Waals surface area contributed by atoms with Crippen LogP contribution in [0, 0.1) is 0 Å². The molecule has 0 saturated heterocycles. The third kappa shape index (κ3) is 28.3. The fourth-order valence-electron chi connectivity index (χ4n) is 6.32. The lowest BCUT2D eigenvalue weighted by molar-refractivity contribution is 0.238. The third-order valence-electron chi connectivity index (χ3n) is 9.32. The van der Waals surface area contributed by atoms with Crippen molar-refractivity contribution in [3.63, 3.8) is 0 Å². The van der Waals surface area contributed by atoms with Crippen molar-refractivity contribution >= 4 is 8.56 Å². The summed E-state index contributed by atoms with van der Waals surface area (Å²) < 4.78 is 12.1. The fraction of sp³-hybridized carbons (Fsp3) is 1.00. The molecular formula is C37H78O2Si. The van der Waals surface area contributed by atoms with E-state index in [1.54, 1.807) is 0 Å². The molecule has 0 unspecified atom stereocenters. The molecule has 0 bridgehead atoms. The summed E-state index contributed by atoms with van der Waals surface area (Å²) in [4.78, 5) is 0. The van der Waals surface area contributed by atoms with E-state index in [1.165, 1.54) is 211 Å². The van der Waals surface area contributed by atoms with Gasteiger partial charge in [0.2, 0.25) is 0 Å². The number of rotatable bonds is 35. The Labute approximate surface area is 256 Å². The van der Waals surface area contributed by atoms with Crippen LogP contribution in [0.4, 0.5) is 0 Å². The number of hydrogen-bond donors (Lipinski definition) is 0. The normalized spacial score (nSPS) is 12.0. The first kappa shape index (κ1) is 40.1. The van der Waals surface area contributed by atoms with Gasteiger partial charge in [-0.2, -0.15) is 0 Å². The van der Waals surface area contributed by atoms with Gasteiger partial charge in [-0.3, -0.25) is 0 Å². The van der Waals surface area contributed by atoms with Gasteiger partial charge in [0, 0.05) is 14.2 Å². The molecule has 0 amide bonds. The molecule has 0 spiro atoms. The van der Waals surface area contributed by atoms with E-state index in [4.69, 9.17) is 8.85 Å². The lowest BCUT2D eigenvalue weighted by Crippen LogP contribution is -2.39. The Morgan fingerprint density at radius 3 is 0.625 bits per heavy atom. The lowest BCUT2D eigenvalue weighted by Gasteiger charge is -2.27. The number of hydrogen-bond acceptors (Lipinski definition) is 2. The Kier molecular flexibility index (Phi) is 33.8. The average Bonchev–Trinajstić information content (AvgIpc) is 2.98. The van der Waals surface area contributed by atoms with E-state index in [0.29, 0.717) is 0 Å². The molecular weight excluding hydrogens is 504 g/mol. The second-order valence-electron chi connectivity index (χ2n) is 13.1. The molecule has 2 nitrogen and oxygen atoms in total. The van der Waals surface area contributed by atoms with Crippen LogP contribution < -0.4 is 0 Å². The summed E-state index contributed by atoms with van der Waals surface area (Å²) in [6.45, 7) is 4.61. The summed E-state index contributed by atoms with van der Waals surface area (Å²) in [5.74, 6) is 0. The maximum Gasteiger partial charge on any atom is 0.337 e. The highest BCUT2D eigenvalue weighted by Gasteiger charge is 2.33. The molecule has 0 saturated carbocycles. The molecule has 3 heteroatoms. The molecule has 0 aliphatic heterocycles. The third-order valence-corrected chi connectivity index (χ3v) is 13.0.